The number of ether oxygens (including phenoxy) is 1. The third kappa shape index (κ3) is 4.47. The van der Waals surface area contributed by atoms with Gasteiger partial charge in [0.1, 0.15) is 18.6 Å². The van der Waals surface area contributed by atoms with E-state index < -0.39 is 48.3 Å². The number of carboxylic acids is 1. The molecule has 0 heterocycles. The number of carbonyl (C=O) groups excluding carboxylic acids is 2. The summed E-state index contributed by atoms with van der Waals surface area (Å²) in [6, 6.07) is 14.8. The molecule has 0 saturated heterocycles. The van der Waals surface area contributed by atoms with Crippen molar-refractivity contribution >= 4 is 18.0 Å². The number of carbonyl (C=O) groups is 3. The predicted molar refractivity (Wildman–Crippen MR) is 119 cm³/mol. The van der Waals surface area contributed by atoms with Gasteiger partial charge in [-0.2, -0.15) is 0 Å². The summed E-state index contributed by atoms with van der Waals surface area (Å²) in [6.45, 7) is 1.42. The van der Waals surface area contributed by atoms with E-state index in [1.54, 1.807) is 0 Å². The number of fused-ring (bicyclic) bond motifs is 3. The molecule has 3 unspecified atom stereocenters. The van der Waals surface area contributed by atoms with Crippen molar-refractivity contribution in [3.63, 3.8) is 0 Å². The lowest BCUT2D eigenvalue weighted by Gasteiger charge is -2.19. The Bertz CT molecular complexity index is 1060. The van der Waals surface area contributed by atoms with Crippen molar-refractivity contribution in [2.75, 3.05) is 13.2 Å². The maximum absolute atomic E-state index is 13.6. The molecular formula is C25H26F2N2O5. The molecule has 2 aliphatic carbocycles. The van der Waals surface area contributed by atoms with Gasteiger partial charge in [0, 0.05) is 12.5 Å². The number of alkyl carbamates (subject to hydrolysis) is 1. The van der Waals surface area contributed by atoms with E-state index in [9.17, 15) is 23.2 Å². The number of hydrogen-bond acceptors (Lipinski definition) is 4. The number of halogens is 2. The number of nitrogens with one attached hydrogen (secondary N) is 2. The number of amides is 2. The van der Waals surface area contributed by atoms with Crippen LogP contribution in [0.4, 0.5) is 13.6 Å². The number of benzene rings is 2. The molecule has 0 aliphatic heterocycles. The second kappa shape index (κ2) is 9.40. The summed E-state index contributed by atoms with van der Waals surface area (Å²) in [7, 11) is 0. The van der Waals surface area contributed by atoms with E-state index in [-0.39, 0.29) is 18.9 Å². The van der Waals surface area contributed by atoms with Crippen molar-refractivity contribution in [2.24, 2.45) is 11.8 Å². The quantitative estimate of drug-likeness (QED) is 0.515. The van der Waals surface area contributed by atoms with Crippen LogP contribution in [0, 0.1) is 11.8 Å². The van der Waals surface area contributed by atoms with Crippen molar-refractivity contribution in [1.82, 2.24) is 10.6 Å². The molecule has 4 rings (SSSR count). The number of aliphatic carboxylic acids is 1. The number of alkyl halides is 2. The first-order valence-electron chi connectivity index (χ1n) is 11.3. The molecule has 9 heteroatoms. The van der Waals surface area contributed by atoms with Gasteiger partial charge in [-0.15, -0.1) is 0 Å². The van der Waals surface area contributed by atoms with Gasteiger partial charge >= 0.3 is 12.1 Å². The van der Waals surface area contributed by atoms with Crippen LogP contribution in [0.3, 0.4) is 0 Å². The van der Waals surface area contributed by atoms with Crippen LogP contribution in [-0.4, -0.2) is 48.2 Å². The minimum absolute atomic E-state index is 0.0783. The fourth-order valence-corrected chi connectivity index (χ4v) is 4.65. The molecule has 2 aromatic carbocycles. The number of rotatable bonds is 9. The van der Waals surface area contributed by atoms with Crippen LogP contribution in [0.5, 0.6) is 0 Å². The Morgan fingerprint density at radius 3 is 2.18 bits per heavy atom. The third-order valence-electron chi connectivity index (χ3n) is 6.49. The van der Waals surface area contributed by atoms with Crippen molar-refractivity contribution < 1.29 is 33.0 Å². The largest absolute Gasteiger partial charge is 0.481 e. The summed E-state index contributed by atoms with van der Waals surface area (Å²) >= 11 is 0. The molecule has 2 aromatic rings. The van der Waals surface area contributed by atoms with Crippen molar-refractivity contribution in [1.29, 1.82) is 0 Å². The molecule has 3 N–H and O–H groups in total. The van der Waals surface area contributed by atoms with Crippen LogP contribution in [-0.2, 0) is 14.3 Å². The Morgan fingerprint density at radius 2 is 1.65 bits per heavy atom. The average molecular weight is 472 g/mol. The summed E-state index contributed by atoms with van der Waals surface area (Å²) in [5.41, 5.74) is 4.29. The molecule has 3 atom stereocenters. The monoisotopic (exact) mass is 472 g/mol. The Kier molecular flexibility index (Phi) is 6.54. The third-order valence-corrected chi connectivity index (χ3v) is 6.49. The van der Waals surface area contributed by atoms with Crippen molar-refractivity contribution in [3.8, 4) is 11.1 Å². The second-order valence-electron chi connectivity index (χ2n) is 8.65. The lowest BCUT2D eigenvalue weighted by Crippen LogP contribution is -2.47. The van der Waals surface area contributed by atoms with Gasteiger partial charge in [0.05, 0.1) is 5.92 Å². The van der Waals surface area contributed by atoms with Gasteiger partial charge in [-0.05, 0) is 28.7 Å². The van der Waals surface area contributed by atoms with E-state index in [0.717, 1.165) is 22.3 Å². The lowest BCUT2D eigenvalue weighted by molar-refractivity contribution is -0.141. The maximum atomic E-state index is 13.6. The highest BCUT2D eigenvalue weighted by atomic mass is 19.3. The highest BCUT2D eigenvalue weighted by molar-refractivity contribution is 5.86. The molecule has 0 spiro atoms. The highest BCUT2D eigenvalue weighted by Gasteiger charge is 2.72. The number of hydrogen-bond donors (Lipinski definition) is 3. The average Bonchev–Trinajstić information content (AvgIpc) is 3.23. The Balaban J connectivity index is 1.34. The van der Waals surface area contributed by atoms with E-state index >= 15 is 0 Å². The first kappa shape index (κ1) is 23.7. The summed E-state index contributed by atoms with van der Waals surface area (Å²) in [4.78, 5) is 35.9. The number of carboxylic acid groups (broad SMARTS) is 1. The molecule has 1 saturated carbocycles. The predicted octanol–water partition coefficient (Wildman–Crippen LogP) is 3.78. The standard InChI is InChI=1S/C25H26F2N2O5/c1-2-7-20(22(30)28-12-19-21(23(31)32)25(19,26)27)29-24(33)34-13-18-16-10-5-3-8-14(16)15-9-4-6-11-17(15)18/h3-6,8-11,18-21H,2,7,12-13H2,1H3,(H,28,30)(H,29,33)(H,31,32). The summed E-state index contributed by atoms with van der Waals surface area (Å²) in [6.07, 6.45) is 0.0500. The minimum Gasteiger partial charge on any atom is -0.481 e. The van der Waals surface area contributed by atoms with Gasteiger partial charge in [-0.1, -0.05) is 61.9 Å². The van der Waals surface area contributed by atoms with Gasteiger partial charge in [0.2, 0.25) is 5.91 Å². The molecule has 180 valence electrons. The topological polar surface area (TPSA) is 105 Å². The summed E-state index contributed by atoms with van der Waals surface area (Å²) in [5, 5.41) is 13.7. The molecule has 34 heavy (non-hydrogen) atoms. The van der Waals surface area contributed by atoms with Gasteiger partial charge in [0.25, 0.3) is 5.92 Å². The first-order chi connectivity index (χ1) is 16.3. The van der Waals surface area contributed by atoms with E-state index in [1.807, 2.05) is 55.5 Å². The highest BCUT2D eigenvalue weighted by Crippen LogP contribution is 2.54. The zero-order valence-corrected chi connectivity index (χ0v) is 18.6. The lowest BCUT2D eigenvalue weighted by atomic mass is 9.98. The smallest absolute Gasteiger partial charge is 0.407 e. The summed E-state index contributed by atoms with van der Waals surface area (Å²) in [5.74, 6) is -8.98. The molecule has 0 radical (unpaired) electrons. The molecular weight excluding hydrogens is 446 g/mol. The van der Waals surface area contributed by atoms with Gasteiger partial charge in [0.15, 0.2) is 0 Å². The minimum atomic E-state index is -3.35. The van der Waals surface area contributed by atoms with Crippen LogP contribution < -0.4 is 10.6 Å². The van der Waals surface area contributed by atoms with Gasteiger partial charge in [-0.3, -0.25) is 9.59 Å². The van der Waals surface area contributed by atoms with Gasteiger partial charge < -0.3 is 20.5 Å². The van der Waals surface area contributed by atoms with Crippen LogP contribution in [0.25, 0.3) is 11.1 Å². The van der Waals surface area contributed by atoms with E-state index in [1.165, 1.54) is 0 Å². The zero-order valence-electron chi connectivity index (χ0n) is 18.6. The van der Waals surface area contributed by atoms with Crippen LogP contribution >= 0.6 is 0 Å². The van der Waals surface area contributed by atoms with E-state index in [4.69, 9.17) is 9.84 Å². The Labute approximate surface area is 195 Å². The van der Waals surface area contributed by atoms with Gasteiger partial charge in [-0.25, -0.2) is 13.6 Å². The van der Waals surface area contributed by atoms with E-state index in [2.05, 4.69) is 10.6 Å². The van der Waals surface area contributed by atoms with Crippen molar-refractivity contribution in [2.45, 2.75) is 37.6 Å². The maximum Gasteiger partial charge on any atom is 0.407 e. The van der Waals surface area contributed by atoms with Crippen LogP contribution in [0.15, 0.2) is 48.5 Å². The second-order valence-corrected chi connectivity index (χ2v) is 8.65. The summed E-state index contributed by atoms with van der Waals surface area (Å²) < 4.78 is 32.6. The fourth-order valence-electron chi connectivity index (χ4n) is 4.65. The van der Waals surface area contributed by atoms with Crippen molar-refractivity contribution in [3.05, 3.63) is 59.7 Å². The molecule has 0 bridgehead atoms. The molecule has 2 amide bonds. The SMILES string of the molecule is CCCC(NC(=O)OCC1c2ccccc2-c2ccccc21)C(=O)NCC1C(C(=O)O)C1(F)F. The first-order valence-corrected chi connectivity index (χ1v) is 11.3. The Hall–Kier alpha value is -3.49. The molecule has 1 fully saturated rings. The Morgan fingerprint density at radius 1 is 1.06 bits per heavy atom. The fraction of sp³-hybridized carbons (Fsp3) is 0.400. The molecule has 0 aromatic heterocycles. The van der Waals surface area contributed by atoms with Crippen LogP contribution in [0.2, 0.25) is 0 Å². The normalized spacial score (nSPS) is 20.6. The van der Waals surface area contributed by atoms with Crippen LogP contribution in [0.1, 0.15) is 36.8 Å². The molecule has 7 nitrogen and oxygen atoms in total. The zero-order chi connectivity index (χ0) is 24.5. The van der Waals surface area contributed by atoms with E-state index in [0.29, 0.717) is 6.42 Å². The molecule has 2 aliphatic rings.